The molecule has 306 valence electrons. The molecule has 0 saturated carbocycles. The van der Waals surface area contributed by atoms with Crippen LogP contribution in [-0.4, -0.2) is 15.0 Å². The van der Waals surface area contributed by atoms with E-state index in [1.54, 1.807) is 0 Å². The zero-order chi connectivity index (χ0) is 43.4. The van der Waals surface area contributed by atoms with Crippen LogP contribution in [0.3, 0.4) is 0 Å². The minimum Gasteiger partial charge on any atom is -0.310 e. The number of fused-ring (bicyclic) bond motifs is 1. The van der Waals surface area contributed by atoms with Gasteiger partial charge in [-0.15, -0.1) is 0 Å². The van der Waals surface area contributed by atoms with Crippen LogP contribution >= 0.6 is 0 Å². The van der Waals surface area contributed by atoms with Gasteiger partial charge in [-0.1, -0.05) is 218 Å². The van der Waals surface area contributed by atoms with Crippen molar-refractivity contribution in [2.45, 2.75) is 0 Å². The molecule has 11 aromatic rings. The van der Waals surface area contributed by atoms with Gasteiger partial charge in [0, 0.05) is 33.6 Å². The van der Waals surface area contributed by atoms with E-state index < -0.39 is 0 Å². The largest absolute Gasteiger partial charge is 0.310 e. The maximum atomic E-state index is 5.06. The lowest BCUT2D eigenvalue weighted by Gasteiger charge is -2.28. The standard InChI is InChI=1S/C61H42N4/c1-5-19-43(20-6-1)44-37-39-52(40-38-44)65(57-36-14-13-33-54(57)45-21-7-2-8-22-45)53-32-16-30-50(42-53)56-35-18-28-46-27-17-34-55(58(46)56)49-29-15-31-51(41-49)61-63-59(47-23-9-3-10-24-47)62-60(64-61)48-25-11-4-12-26-48/h1-42H. The molecule has 0 aliphatic rings. The van der Waals surface area contributed by atoms with Crippen molar-refractivity contribution in [2.75, 3.05) is 4.90 Å². The molecule has 0 spiro atoms. The number of anilines is 3. The molecule has 0 saturated heterocycles. The van der Waals surface area contributed by atoms with Crippen LogP contribution in [0.15, 0.2) is 255 Å². The molecule has 0 aliphatic heterocycles. The SMILES string of the molecule is c1ccc(-c2ccc(N(c3cccc(-c4cccc5cccc(-c6cccc(-c7nc(-c8ccccc8)nc(-c8ccccc8)n7)c6)c45)c3)c3ccccc3-c3ccccc3)cc2)cc1. The Morgan fingerprint density at radius 2 is 0.662 bits per heavy atom. The van der Waals surface area contributed by atoms with Gasteiger partial charge in [0.15, 0.2) is 17.5 Å². The third kappa shape index (κ3) is 7.97. The van der Waals surface area contributed by atoms with Crippen LogP contribution in [0.5, 0.6) is 0 Å². The molecule has 0 bridgehead atoms. The Morgan fingerprint density at radius 1 is 0.246 bits per heavy atom. The molecule has 1 aromatic heterocycles. The summed E-state index contributed by atoms with van der Waals surface area (Å²) in [4.78, 5) is 17.4. The van der Waals surface area contributed by atoms with Gasteiger partial charge in [-0.3, -0.25) is 0 Å². The summed E-state index contributed by atoms with van der Waals surface area (Å²) >= 11 is 0. The van der Waals surface area contributed by atoms with Crippen LogP contribution in [0.2, 0.25) is 0 Å². The van der Waals surface area contributed by atoms with Gasteiger partial charge in [-0.05, 0) is 86.1 Å². The summed E-state index contributed by atoms with van der Waals surface area (Å²) in [6.07, 6.45) is 0. The van der Waals surface area contributed by atoms with E-state index in [2.05, 4.69) is 199 Å². The second-order valence-electron chi connectivity index (χ2n) is 16.0. The summed E-state index contributed by atoms with van der Waals surface area (Å²) in [5.74, 6) is 1.90. The normalized spacial score (nSPS) is 11.1. The van der Waals surface area contributed by atoms with Crippen molar-refractivity contribution in [3.05, 3.63) is 255 Å². The maximum Gasteiger partial charge on any atom is 0.164 e. The molecule has 0 atom stereocenters. The van der Waals surface area contributed by atoms with E-state index in [1.807, 2.05) is 60.7 Å². The molecular weight excluding hydrogens is 789 g/mol. The van der Waals surface area contributed by atoms with Gasteiger partial charge in [-0.25, -0.2) is 15.0 Å². The number of para-hydroxylation sites is 1. The van der Waals surface area contributed by atoms with Gasteiger partial charge in [-0.2, -0.15) is 0 Å². The highest BCUT2D eigenvalue weighted by Gasteiger charge is 2.20. The molecule has 65 heavy (non-hydrogen) atoms. The summed E-state index contributed by atoms with van der Waals surface area (Å²) in [5, 5.41) is 2.34. The van der Waals surface area contributed by atoms with Crippen LogP contribution < -0.4 is 4.90 Å². The van der Waals surface area contributed by atoms with Crippen LogP contribution in [0.1, 0.15) is 0 Å². The fourth-order valence-electron chi connectivity index (χ4n) is 8.79. The third-order valence-electron chi connectivity index (χ3n) is 11.9. The Morgan fingerprint density at radius 3 is 1.26 bits per heavy atom. The van der Waals surface area contributed by atoms with Gasteiger partial charge < -0.3 is 4.90 Å². The number of aromatic nitrogens is 3. The Labute approximate surface area is 379 Å². The number of benzene rings is 10. The van der Waals surface area contributed by atoms with Gasteiger partial charge >= 0.3 is 0 Å². The number of hydrogen-bond acceptors (Lipinski definition) is 4. The quantitative estimate of drug-likeness (QED) is 0.138. The minimum absolute atomic E-state index is 0.625. The first-order chi connectivity index (χ1) is 32.2. The summed E-state index contributed by atoms with van der Waals surface area (Å²) in [7, 11) is 0. The van der Waals surface area contributed by atoms with Crippen LogP contribution in [0.25, 0.3) is 89.4 Å². The summed E-state index contributed by atoms with van der Waals surface area (Å²) in [6, 6.07) is 89.8. The predicted molar refractivity (Wildman–Crippen MR) is 270 cm³/mol. The average Bonchev–Trinajstić information content (AvgIpc) is 3.40. The first kappa shape index (κ1) is 39.1. The monoisotopic (exact) mass is 830 g/mol. The smallest absolute Gasteiger partial charge is 0.164 e. The van der Waals surface area contributed by atoms with E-state index in [4.69, 9.17) is 15.0 Å². The van der Waals surface area contributed by atoms with Gasteiger partial charge in [0.1, 0.15) is 0 Å². The van der Waals surface area contributed by atoms with E-state index in [0.717, 1.165) is 72.5 Å². The molecular formula is C61H42N4. The van der Waals surface area contributed by atoms with E-state index in [0.29, 0.717) is 17.5 Å². The predicted octanol–water partition coefficient (Wildman–Crippen LogP) is 16.2. The minimum atomic E-state index is 0.625. The van der Waals surface area contributed by atoms with E-state index in [-0.39, 0.29) is 0 Å². The van der Waals surface area contributed by atoms with Crippen molar-refractivity contribution in [2.24, 2.45) is 0 Å². The molecule has 0 unspecified atom stereocenters. The molecule has 10 aromatic carbocycles. The van der Waals surface area contributed by atoms with Crippen LogP contribution in [0.4, 0.5) is 17.1 Å². The highest BCUT2D eigenvalue weighted by atomic mass is 15.1. The Hall–Kier alpha value is -8.73. The Bertz CT molecular complexity index is 3340. The number of rotatable bonds is 10. The summed E-state index contributed by atoms with van der Waals surface area (Å²) < 4.78 is 0. The first-order valence-corrected chi connectivity index (χ1v) is 21.9. The topological polar surface area (TPSA) is 41.9 Å². The molecule has 0 radical (unpaired) electrons. The van der Waals surface area contributed by atoms with E-state index in [9.17, 15) is 0 Å². The van der Waals surface area contributed by atoms with Crippen molar-refractivity contribution < 1.29 is 0 Å². The summed E-state index contributed by atoms with van der Waals surface area (Å²) in [6.45, 7) is 0. The lowest BCUT2D eigenvalue weighted by atomic mass is 9.90. The van der Waals surface area contributed by atoms with Crippen LogP contribution in [-0.2, 0) is 0 Å². The fraction of sp³-hybridized carbons (Fsp3) is 0. The second kappa shape index (κ2) is 17.6. The second-order valence-corrected chi connectivity index (χ2v) is 16.0. The Balaban J connectivity index is 1.04. The van der Waals surface area contributed by atoms with E-state index in [1.165, 1.54) is 16.5 Å². The van der Waals surface area contributed by atoms with Crippen LogP contribution in [0, 0.1) is 0 Å². The average molecular weight is 831 g/mol. The number of hydrogen-bond donors (Lipinski definition) is 0. The molecule has 0 N–H and O–H groups in total. The van der Waals surface area contributed by atoms with Crippen molar-refractivity contribution in [3.8, 4) is 78.7 Å². The number of nitrogens with zero attached hydrogens (tertiary/aromatic N) is 4. The summed E-state index contributed by atoms with van der Waals surface area (Å²) in [5.41, 5.74) is 15.2. The van der Waals surface area contributed by atoms with Crippen molar-refractivity contribution in [1.29, 1.82) is 0 Å². The van der Waals surface area contributed by atoms with Crippen molar-refractivity contribution in [3.63, 3.8) is 0 Å². The van der Waals surface area contributed by atoms with Gasteiger partial charge in [0.05, 0.1) is 5.69 Å². The first-order valence-electron chi connectivity index (χ1n) is 21.9. The van der Waals surface area contributed by atoms with Gasteiger partial charge in [0.2, 0.25) is 0 Å². The highest BCUT2D eigenvalue weighted by molar-refractivity contribution is 6.07. The molecule has 0 aliphatic carbocycles. The zero-order valence-electron chi connectivity index (χ0n) is 35.5. The lowest BCUT2D eigenvalue weighted by molar-refractivity contribution is 1.07. The molecule has 4 heteroatoms. The molecule has 1 heterocycles. The van der Waals surface area contributed by atoms with Crippen molar-refractivity contribution in [1.82, 2.24) is 15.0 Å². The van der Waals surface area contributed by atoms with Gasteiger partial charge in [0.25, 0.3) is 0 Å². The zero-order valence-corrected chi connectivity index (χ0v) is 35.5. The fourth-order valence-corrected chi connectivity index (χ4v) is 8.79. The van der Waals surface area contributed by atoms with Crippen molar-refractivity contribution >= 4 is 27.8 Å². The third-order valence-corrected chi connectivity index (χ3v) is 11.9. The Kier molecular flexibility index (Phi) is 10.6. The van der Waals surface area contributed by atoms with E-state index >= 15 is 0 Å². The molecule has 0 fully saturated rings. The molecule has 4 nitrogen and oxygen atoms in total. The lowest BCUT2D eigenvalue weighted by Crippen LogP contribution is -2.11. The molecule has 11 rings (SSSR count). The highest BCUT2D eigenvalue weighted by Crippen LogP contribution is 2.44. The maximum absolute atomic E-state index is 5.06. The molecule has 0 amide bonds.